The molecule has 0 saturated carbocycles. The molecule has 1 heterocycles. The lowest BCUT2D eigenvalue weighted by molar-refractivity contribution is -0.137. The van der Waals surface area contributed by atoms with Crippen LogP contribution in [0.25, 0.3) is 11.3 Å². The second-order valence-corrected chi connectivity index (χ2v) is 6.40. The minimum Gasteiger partial charge on any atom is -0.497 e. The number of hydrogen-bond acceptors (Lipinski definition) is 5. The van der Waals surface area contributed by atoms with Gasteiger partial charge in [0.15, 0.2) is 0 Å². The van der Waals surface area contributed by atoms with Crippen molar-refractivity contribution in [2.45, 2.75) is 12.7 Å². The lowest BCUT2D eigenvalue weighted by atomic mass is 10.1. The summed E-state index contributed by atoms with van der Waals surface area (Å²) in [5.41, 5.74) is -0.522. The number of benzene rings is 2. The molecule has 1 N–H and O–H groups in total. The number of aromatic nitrogens is 2. The van der Waals surface area contributed by atoms with Gasteiger partial charge in [0.1, 0.15) is 18.0 Å². The van der Waals surface area contributed by atoms with Gasteiger partial charge in [0.25, 0.3) is 5.56 Å². The Morgan fingerprint density at radius 2 is 1.74 bits per heavy atom. The van der Waals surface area contributed by atoms with Crippen LogP contribution in [-0.4, -0.2) is 29.9 Å². The molecular formula is C21H18F3N3O4. The first-order chi connectivity index (χ1) is 14.7. The van der Waals surface area contributed by atoms with E-state index in [-0.39, 0.29) is 11.4 Å². The van der Waals surface area contributed by atoms with Gasteiger partial charge in [-0.15, -0.1) is 0 Å². The highest BCUT2D eigenvalue weighted by Gasteiger charge is 2.31. The lowest BCUT2D eigenvalue weighted by Gasteiger charge is -2.14. The molecule has 162 valence electrons. The Balaban J connectivity index is 1.83. The van der Waals surface area contributed by atoms with Gasteiger partial charge < -0.3 is 14.8 Å². The van der Waals surface area contributed by atoms with Crippen LogP contribution in [0.1, 0.15) is 5.56 Å². The number of amides is 1. The predicted molar refractivity (Wildman–Crippen MR) is 107 cm³/mol. The highest BCUT2D eigenvalue weighted by atomic mass is 19.4. The molecule has 1 aromatic heterocycles. The van der Waals surface area contributed by atoms with Gasteiger partial charge in [0, 0.05) is 11.6 Å². The molecule has 7 nitrogen and oxygen atoms in total. The van der Waals surface area contributed by atoms with Gasteiger partial charge in [-0.25, -0.2) is 4.68 Å². The van der Waals surface area contributed by atoms with E-state index >= 15 is 0 Å². The normalized spacial score (nSPS) is 11.1. The second kappa shape index (κ2) is 8.90. The Hall–Kier alpha value is -3.82. The summed E-state index contributed by atoms with van der Waals surface area (Å²) >= 11 is 0. The van der Waals surface area contributed by atoms with Gasteiger partial charge in [0.05, 0.1) is 31.2 Å². The number of hydrogen-bond donors (Lipinski definition) is 1. The van der Waals surface area contributed by atoms with E-state index in [1.54, 1.807) is 24.3 Å². The van der Waals surface area contributed by atoms with Gasteiger partial charge in [-0.2, -0.15) is 18.3 Å². The molecule has 0 unspecified atom stereocenters. The fraction of sp³-hybridized carbons (Fsp3) is 0.190. The number of anilines is 1. The Kier molecular flexibility index (Phi) is 6.28. The molecule has 0 saturated heterocycles. The minimum absolute atomic E-state index is 0.0497. The summed E-state index contributed by atoms with van der Waals surface area (Å²) in [5.74, 6) is -0.0424. The molecular weight excluding hydrogens is 415 g/mol. The van der Waals surface area contributed by atoms with Crippen LogP contribution in [0.15, 0.2) is 59.4 Å². The predicted octanol–water partition coefficient (Wildman–Crippen LogP) is 3.59. The van der Waals surface area contributed by atoms with Crippen molar-refractivity contribution >= 4 is 11.6 Å². The molecule has 3 rings (SSSR count). The van der Waals surface area contributed by atoms with Crippen molar-refractivity contribution < 1.29 is 27.4 Å². The molecule has 0 fully saturated rings. The number of halogens is 3. The van der Waals surface area contributed by atoms with E-state index in [1.165, 1.54) is 26.4 Å². The van der Waals surface area contributed by atoms with Gasteiger partial charge in [0.2, 0.25) is 5.91 Å². The minimum atomic E-state index is -4.59. The number of rotatable bonds is 6. The number of nitrogens with one attached hydrogen (secondary N) is 1. The monoisotopic (exact) mass is 433 g/mol. The van der Waals surface area contributed by atoms with Crippen LogP contribution in [0.5, 0.6) is 11.5 Å². The average molecular weight is 433 g/mol. The molecule has 31 heavy (non-hydrogen) atoms. The largest absolute Gasteiger partial charge is 0.497 e. The van der Waals surface area contributed by atoms with E-state index in [2.05, 4.69) is 10.4 Å². The van der Waals surface area contributed by atoms with Crippen molar-refractivity contribution in [1.82, 2.24) is 9.78 Å². The summed E-state index contributed by atoms with van der Waals surface area (Å²) in [6, 6.07) is 12.4. The van der Waals surface area contributed by atoms with Crippen LogP contribution in [0.3, 0.4) is 0 Å². The number of alkyl halides is 3. The zero-order valence-electron chi connectivity index (χ0n) is 16.6. The standard InChI is InChI=1S/C21H18F3N3O4/c1-30-15-6-3-13(4-7-15)16-8-10-20(29)27(26-16)12-19(28)25-17-11-14(21(22,23)24)5-9-18(17)31-2/h3-11H,12H2,1-2H3,(H,25,28). The molecule has 0 bridgehead atoms. The van der Waals surface area contributed by atoms with E-state index in [1.807, 2.05) is 0 Å². The third kappa shape index (κ3) is 5.21. The summed E-state index contributed by atoms with van der Waals surface area (Å²) in [6.45, 7) is -0.498. The number of carbonyl (C=O) groups excluding carboxylic acids is 1. The zero-order valence-corrected chi connectivity index (χ0v) is 16.6. The van der Waals surface area contributed by atoms with Crippen molar-refractivity contribution in [2.24, 2.45) is 0 Å². The molecule has 0 spiro atoms. The molecule has 2 aromatic carbocycles. The zero-order chi connectivity index (χ0) is 22.6. The highest BCUT2D eigenvalue weighted by Crippen LogP contribution is 2.34. The van der Waals surface area contributed by atoms with Crippen LogP contribution in [0, 0.1) is 0 Å². The molecule has 0 aliphatic carbocycles. The molecule has 0 aliphatic rings. The molecule has 3 aromatic rings. The van der Waals surface area contributed by atoms with E-state index < -0.39 is 29.8 Å². The van der Waals surface area contributed by atoms with E-state index in [9.17, 15) is 22.8 Å². The van der Waals surface area contributed by atoms with Crippen molar-refractivity contribution in [3.8, 4) is 22.8 Å². The maximum absolute atomic E-state index is 13.0. The van der Waals surface area contributed by atoms with Crippen LogP contribution >= 0.6 is 0 Å². The number of ether oxygens (including phenoxy) is 2. The SMILES string of the molecule is COc1ccc(-c2ccc(=O)n(CC(=O)Nc3cc(C(F)(F)F)ccc3OC)n2)cc1. The topological polar surface area (TPSA) is 82.5 Å². The van der Waals surface area contributed by atoms with E-state index in [4.69, 9.17) is 9.47 Å². The Bertz CT molecular complexity index is 1140. The van der Waals surface area contributed by atoms with Crippen LogP contribution < -0.4 is 20.3 Å². The molecule has 10 heteroatoms. The van der Waals surface area contributed by atoms with Gasteiger partial charge in [-0.05, 0) is 48.5 Å². The molecule has 1 amide bonds. The highest BCUT2D eigenvalue weighted by molar-refractivity contribution is 5.92. The van der Waals surface area contributed by atoms with Crippen molar-refractivity contribution in [2.75, 3.05) is 19.5 Å². The third-order valence-corrected chi connectivity index (χ3v) is 4.35. The van der Waals surface area contributed by atoms with E-state index in [0.29, 0.717) is 17.0 Å². The summed E-state index contributed by atoms with van der Waals surface area (Å²) in [7, 11) is 2.80. The maximum Gasteiger partial charge on any atom is 0.416 e. The first-order valence-electron chi connectivity index (χ1n) is 8.99. The Morgan fingerprint density at radius 1 is 1.03 bits per heavy atom. The Morgan fingerprint density at radius 3 is 2.35 bits per heavy atom. The first-order valence-corrected chi connectivity index (χ1v) is 8.99. The number of nitrogens with zero attached hydrogens (tertiary/aromatic N) is 2. The smallest absolute Gasteiger partial charge is 0.416 e. The molecule has 0 aliphatic heterocycles. The Labute approximate surface area is 175 Å². The summed E-state index contributed by atoms with van der Waals surface area (Å²) in [6.07, 6.45) is -4.59. The fourth-order valence-electron chi connectivity index (χ4n) is 2.79. The first kappa shape index (κ1) is 21.9. The van der Waals surface area contributed by atoms with E-state index in [0.717, 1.165) is 22.9 Å². The van der Waals surface area contributed by atoms with Crippen molar-refractivity contribution in [3.05, 3.63) is 70.5 Å². The average Bonchev–Trinajstić information content (AvgIpc) is 2.74. The van der Waals surface area contributed by atoms with Crippen LogP contribution in [-0.2, 0) is 17.5 Å². The van der Waals surface area contributed by atoms with Gasteiger partial charge in [-0.3, -0.25) is 9.59 Å². The number of methoxy groups -OCH3 is 2. The summed E-state index contributed by atoms with van der Waals surface area (Å²) in [5, 5.41) is 6.51. The lowest BCUT2D eigenvalue weighted by Crippen LogP contribution is -2.29. The van der Waals surface area contributed by atoms with Gasteiger partial charge in [-0.1, -0.05) is 0 Å². The maximum atomic E-state index is 13.0. The second-order valence-electron chi connectivity index (χ2n) is 6.40. The number of carbonyl (C=O) groups is 1. The van der Waals surface area contributed by atoms with Crippen molar-refractivity contribution in [1.29, 1.82) is 0 Å². The quantitative estimate of drug-likeness (QED) is 0.643. The summed E-state index contributed by atoms with van der Waals surface area (Å²) in [4.78, 5) is 24.6. The molecule has 0 atom stereocenters. The van der Waals surface area contributed by atoms with Crippen LogP contribution in [0.4, 0.5) is 18.9 Å². The third-order valence-electron chi connectivity index (χ3n) is 4.35. The van der Waals surface area contributed by atoms with Crippen LogP contribution in [0.2, 0.25) is 0 Å². The summed E-state index contributed by atoms with van der Waals surface area (Å²) < 4.78 is 50.0. The van der Waals surface area contributed by atoms with Gasteiger partial charge >= 0.3 is 6.18 Å². The molecule has 0 radical (unpaired) electrons. The fourth-order valence-corrected chi connectivity index (χ4v) is 2.79. The van der Waals surface area contributed by atoms with Crippen molar-refractivity contribution in [3.63, 3.8) is 0 Å².